The molecule has 1 saturated carbocycles. The van der Waals surface area contributed by atoms with Gasteiger partial charge in [0.05, 0.1) is 36.8 Å². The minimum absolute atomic E-state index is 0.0471. The number of hydrogen-bond acceptors (Lipinski definition) is 7. The molecule has 1 aliphatic carbocycles. The molecule has 2 atom stereocenters. The number of hydrogen-bond donors (Lipinski definition) is 0. The lowest BCUT2D eigenvalue weighted by atomic mass is 9.92. The molecule has 1 saturated heterocycles. The first-order valence-corrected chi connectivity index (χ1v) is 12.0. The lowest BCUT2D eigenvalue weighted by Crippen LogP contribution is -2.20. The Morgan fingerprint density at radius 3 is 2.66 bits per heavy atom. The van der Waals surface area contributed by atoms with Gasteiger partial charge in [-0.3, -0.25) is 4.68 Å². The van der Waals surface area contributed by atoms with Crippen LogP contribution in [0.15, 0.2) is 30.6 Å². The number of rotatable bonds is 5. The van der Waals surface area contributed by atoms with Crippen molar-refractivity contribution in [3.8, 4) is 17.0 Å². The standard InChI is InChI=1S/C26H27FN6O2/c1-14-15(2)30-26-24(29-14)23(20-7-6-19(34-3)11-21(20)27)31-25(32-26)16-8-9-35-22(10-16)17-12-28-33(13-17)18-4-5-18/h6-7,11-13,16,18,22H,4-5,8-10H2,1-3H3/t16-,22-/m1/s1. The van der Waals surface area contributed by atoms with Gasteiger partial charge in [0.25, 0.3) is 0 Å². The van der Waals surface area contributed by atoms with E-state index in [0.717, 1.165) is 29.8 Å². The normalized spacial score (nSPS) is 20.3. The number of ether oxygens (including phenoxy) is 2. The number of halogens is 1. The van der Waals surface area contributed by atoms with Crippen LogP contribution >= 0.6 is 0 Å². The summed E-state index contributed by atoms with van der Waals surface area (Å²) in [5, 5.41) is 4.52. The Bertz CT molecular complexity index is 1420. The van der Waals surface area contributed by atoms with Gasteiger partial charge in [-0.25, -0.2) is 24.3 Å². The topological polar surface area (TPSA) is 87.8 Å². The maximum atomic E-state index is 15.1. The zero-order valence-corrected chi connectivity index (χ0v) is 20.0. The van der Waals surface area contributed by atoms with Crippen LogP contribution in [0, 0.1) is 19.7 Å². The molecule has 2 aliphatic rings. The van der Waals surface area contributed by atoms with Crippen LogP contribution in [0.3, 0.4) is 0 Å². The van der Waals surface area contributed by atoms with Crippen molar-refractivity contribution in [2.24, 2.45) is 0 Å². The molecular weight excluding hydrogens is 447 g/mol. The lowest BCUT2D eigenvalue weighted by molar-refractivity contribution is 0.00396. The third-order valence-electron chi connectivity index (χ3n) is 6.95. The summed E-state index contributed by atoms with van der Waals surface area (Å²) in [5.41, 5.74) is 4.42. The Kier molecular flexibility index (Phi) is 5.44. The first kappa shape index (κ1) is 22.0. The summed E-state index contributed by atoms with van der Waals surface area (Å²) in [6.07, 6.45) is 7.80. The fraction of sp³-hybridized carbons (Fsp3) is 0.423. The molecule has 8 nitrogen and oxygen atoms in total. The molecule has 0 N–H and O–H groups in total. The Balaban J connectivity index is 1.41. The van der Waals surface area contributed by atoms with Crippen molar-refractivity contribution in [3.63, 3.8) is 0 Å². The van der Waals surface area contributed by atoms with Crippen LogP contribution < -0.4 is 4.74 Å². The Morgan fingerprint density at radius 2 is 1.89 bits per heavy atom. The second kappa shape index (κ2) is 8.64. The van der Waals surface area contributed by atoms with E-state index in [0.29, 0.717) is 46.6 Å². The molecule has 0 bridgehead atoms. The van der Waals surface area contributed by atoms with Gasteiger partial charge in [-0.1, -0.05) is 0 Å². The third-order valence-corrected chi connectivity index (χ3v) is 6.95. The molecule has 0 radical (unpaired) electrons. The molecule has 2 fully saturated rings. The summed E-state index contributed by atoms with van der Waals surface area (Å²) in [5.74, 6) is 0.712. The number of aryl methyl sites for hydroxylation is 2. The van der Waals surface area contributed by atoms with Gasteiger partial charge < -0.3 is 9.47 Å². The van der Waals surface area contributed by atoms with Crippen LogP contribution in [0.5, 0.6) is 5.75 Å². The second-order valence-corrected chi connectivity index (χ2v) is 9.41. The molecule has 1 aromatic carbocycles. The van der Waals surface area contributed by atoms with Crippen molar-refractivity contribution < 1.29 is 13.9 Å². The van der Waals surface area contributed by atoms with Gasteiger partial charge in [-0.2, -0.15) is 5.10 Å². The van der Waals surface area contributed by atoms with Crippen LogP contribution in [-0.4, -0.2) is 43.4 Å². The molecule has 9 heteroatoms. The van der Waals surface area contributed by atoms with Crippen molar-refractivity contribution in [2.75, 3.05) is 13.7 Å². The molecular formula is C26H27FN6O2. The molecule has 35 heavy (non-hydrogen) atoms. The minimum atomic E-state index is -0.423. The van der Waals surface area contributed by atoms with Gasteiger partial charge in [0.15, 0.2) is 5.65 Å². The van der Waals surface area contributed by atoms with E-state index in [9.17, 15) is 0 Å². The van der Waals surface area contributed by atoms with E-state index in [2.05, 4.69) is 21.3 Å². The minimum Gasteiger partial charge on any atom is -0.497 e. The second-order valence-electron chi connectivity index (χ2n) is 9.41. The van der Waals surface area contributed by atoms with Crippen molar-refractivity contribution in [3.05, 3.63) is 59.2 Å². The van der Waals surface area contributed by atoms with Crippen LogP contribution in [0.2, 0.25) is 0 Å². The number of benzene rings is 1. The molecule has 4 aromatic rings. The summed E-state index contributed by atoms with van der Waals surface area (Å²) in [4.78, 5) is 19.1. The van der Waals surface area contributed by atoms with Gasteiger partial charge in [-0.15, -0.1) is 0 Å². The number of methoxy groups -OCH3 is 1. The van der Waals surface area contributed by atoms with Crippen LogP contribution in [0.25, 0.3) is 22.4 Å². The highest BCUT2D eigenvalue weighted by atomic mass is 19.1. The molecule has 4 heterocycles. The summed E-state index contributed by atoms with van der Waals surface area (Å²) in [7, 11) is 1.51. The average Bonchev–Trinajstić information content (AvgIpc) is 3.60. The highest BCUT2D eigenvalue weighted by Gasteiger charge is 2.31. The Morgan fingerprint density at radius 1 is 1.06 bits per heavy atom. The molecule has 3 aromatic heterocycles. The van der Waals surface area contributed by atoms with Gasteiger partial charge in [0, 0.05) is 35.9 Å². The fourth-order valence-electron chi connectivity index (χ4n) is 4.64. The SMILES string of the molecule is COc1ccc(-c2nc([C@@H]3CCO[C@@H](c4cnn(C5CC5)c4)C3)nc3nc(C)c(C)nc23)c(F)c1. The van der Waals surface area contributed by atoms with Gasteiger partial charge in [0.2, 0.25) is 0 Å². The summed E-state index contributed by atoms with van der Waals surface area (Å²) in [6.45, 7) is 4.38. The molecule has 0 unspecified atom stereocenters. The molecule has 180 valence electrons. The average molecular weight is 475 g/mol. The predicted octanol–water partition coefficient (Wildman–Crippen LogP) is 5.02. The zero-order valence-electron chi connectivity index (χ0n) is 20.0. The third kappa shape index (κ3) is 4.14. The number of nitrogens with zero attached hydrogens (tertiary/aromatic N) is 6. The van der Waals surface area contributed by atoms with E-state index >= 15 is 4.39 Å². The number of aromatic nitrogens is 6. The van der Waals surface area contributed by atoms with Crippen LogP contribution in [0.4, 0.5) is 4.39 Å². The van der Waals surface area contributed by atoms with Crippen molar-refractivity contribution in [2.45, 2.75) is 57.6 Å². The van der Waals surface area contributed by atoms with E-state index in [4.69, 9.17) is 19.4 Å². The Hall–Kier alpha value is -3.46. The summed E-state index contributed by atoms with van der Waals surface area (Å²) in [6, 6.07) is 5.29. The first-order valence-electron chi connectivity index (χ1n) is 12.0. The van der Waals surface area contributed by atoms with Crippen molar-refractivity contribution >= 4 is 11.2 Å². The number of fused-ring (bicyclic) bond motifs is 1. The zero-order chi connectivity index (χ0) is 24.1. The van der Waals surface area contributed by atoms with E-state index in [-0.39, 0.29) is 12.0 Å². The van der Waals surface area contributed by atoms with E-state index in [1.165, 1.54) is 26.0 Å². The highest BCUT2D eigenvalue weighted by molar-refractivity contribution is 5.87. The highest BCUT2D eigenvalue weighted by Crippen LogP contribution is 2.40. The van der Waals surface area contributed by atoms with Crippen molar-refractivity contribution in [1.82, 2.24) is 29.7 Å². The largest absolute Gasteiger partial charge is 0.497 e. The first-order chi connectivity index (χ1) is 17.0. The smallest absolute Gasteiger partial charge is 0.182 e. The summed E-state index contributed by atoms with van der Waals surface area (Å²) >= 11 is 0. The molecule has 0 spiro atoms. The van der Waals surface area contributed by atoms with Gasteiger partial charge >= 0.3 is 0 Å². The fourth-order valence-corrected chi connectivity index (χ4v) is 4.64. The molecule has 6 rings (SSSR count). The maximum Gasteiger partial charge on any atom is 0.182 e. The van der Waals surface area contributed by atoms with Crippen molar-refractivity contribution in [1.29, 1.82) is 0 Å². The predicted molar refractivity (Wildman–Crippen MR) is 128 cm³/mol. The van der Waals surface area contributed by atoms with Gasteiger partial charge in [0.1, 0.15) is 28.6 Å². The van der Waals surface area contributed by atoms with E-state index in [1.807, 2.05) is 24.7 Å². The monoisotopic (exact) mass is 474 g/mol. The lowest BCUT2D eigenvalue weighted by Gasteiger charge is -2.28. The molecule has 1 aliphatic heterocycles. The van der Waals surface area contributed by atoms with Gasteiger partial charge in [-0.05, 0) is 51.7 Å². The van der Waals surface area contributed by atoms with E-state index in [1.54, 1.807) is 12.1 Å². The quantitative estimate of drug-likeness (QED) is 0.401. The van der Waals surface area contributed by atoms with E-state index < -0.39 is 5.82 Å². The Labute approximate surface area is 202 Å². The molecule has 0 amide bonds. The van der Waals surface area contributed by atoms with Crippen LogP contribution in [0.1, 0.15) is 66.5 Å². The van der Waals surface area contributed by atoms with Crippen LogP contribution in [-0.2, 0) is 4.74 Å². The summed E-state index contributed by atoms with van der Waals surface area (Å²) < 4.78 is 28.5. The maximum absolute atomic E-state index is 15.1.